The third kappa shape index (κ3) is 2.61. The van der Waals surface area contributed by atoms with Gasteiger partial charge in [-0.1, -0.05) is 17.8 Å². The highest BCUT2D eigenvalue weighted by molar-refractivity contribution is 8.01. The summed E-state index contributed by atoms with van der Waals surface area (Å²) < 4.78 is 14.4. The van der Waals surface area contributed by atoms with Gasteiger partial charge in [-0.15, -0.1) is 11.3 Å². The lowest BCUT2D eigenvalue weighted by molar-refractivity contribution is 0.281. The van der Waals surface area contributed by atoms with Crippen molar-refractivity contribution in [3.63, 3.8) is 0 Å². The van der Waals surface area contributed by atoms with Crippen molar-refractivity contribution >= 4 is 23.1 Å². The molecule has 1 aromatic heterocycles. The van der Waals surface area contributed by atoms with Gasteiger partial charge in [-0.05, 0) is 24.6 Å². The van der Waals surface area contributed by atoms with E-state index in [0.29, 0.717) is 10.5 Å². The van der Waals surface area contributed by atoms with Crippen LogP contribution >= 0.6 is 23.1 Å². The Morgan fingerprint density at radius 1 is 1.50 bits per heavy atom. The van der Waals surface area contributed by atoms with Crippen molar-refractivity contribution in [2.24, 2.45) is 0 Å². The number of halogens is 1. The SMILES string of the molecule is Cc1csc(Sc2ccc(CO)cc2F)n1. The highest BCUT2D eigenvalue weighted by atomic mass is 32.2. The first kappa shape index (κ1) is 11.6. The van der Waals surface area contributed by atoms with E-state index in [-0.39, 0.29) is 12.4 Å². The van der Waals surface area contributed by atoms with Gasteiger partial charge in [0.05, 0.1) is 11.5 Å². The molecular formula is C11H10FNOS2. The van der Waals surface area contributed by atoms with Gasteiger partial charge in [0, 0.05) is 11.1 Å². The summed E-state index contributed by atoms with van der Waals surface area (Å²) >= 11 is 2.80. The van der Waals surface area contributed by atoms with Crippen molar-refractivity contribution in [2.45, 2.75) is 22.8 Å². The monoisotopic (exact) mass is 255 g/mol. The van der Waals surface area contributed by atoms with Crippen LogP contribution in [0.2, 0.25) is 0 Å². The lowest BCUT2D eigenvalue weighted by Gasteiger charge is -2.02. The highest BCUT2D eigenvalue weighted by Gasteiger charge is 2.07. The van der Waals surface area contributed by atoms with Crippen molar-refractivity contribution in [1.82, 2.24) is 4.98 Å². The smallest absolute Gasteiger partial charge is 0.154 e. The number of benzene rings is 1. The molecule has 0 radical (unpaired) electrons. The third-order valence-electron chi connectivity index (χ3n) is 1.97. The molecule has 0 saturated heterocycles. The Hall–Kier alpha value is -0.910. The molecule has 16 heavy (non-hydrogen) atoms. The van der Waals surface area contributed by atoms with Crippen LogP contribution in [0.3, 0.4) is 0 Å². The molecule has 5 heteroatoms. The predicted molar refractivity (Wildman–Crippen MR) is 63.3 cm³/mol. The molecule has 84 valence electrons. The van der Waals surface area contributed by atoms with Gasteiger partial charge in [-0.2, -0.15) is 0 Å². The second-order valence-electron chi connectivity index (χ2n) is 3.28. The van der Waals surface area contributed by atoms with Crippen molar-refractivity contribution in [2.75, 3.05) is 0 Å². The van der Waals surface area contributed by atoms with E-state index >= 15 is 0 Å². The minimum atomic E-state index is -0.315. The fourth-order valence-corrected chi connectivity index (χ4v) is 3.00. The largest absolute Gasteiger partial charge is 0.392 e. The Labute approximate surface area is 101 Å². The van der Waals surface area contributed by atoms with E-state index in [1.165, 1.54) is 29.2 Å². The molecule has 2 aromatic rings. The summed E-state index contributed by atoms with van der Waals surface area (Å²) in [5.41, 5.74) is 1.53. The van der Waals surface area contributed by atoms with E-state index in [1.807, 2.05) is 12.3 Å². The molecule has 0 spiro atoms. The van der Waals surface area contributed by atoms with Gasteiger partial charge < -0.3 is 5.11 Å². The van der Waals surface area contributed by atoms with Crippen molar-refractivity contribution in [3.8, 4) is 0 Å². The van der Waals surface area contributed by atoms with E-state index in [4.69, 9.17) is 5.11 Å². The van der Waals surface area contributed by atoms with Gasteiger partial charge in [0.2, 0.25) is 0 Å². The zero-order valence-electron chi connectivity index (χ0n) is 8.61. The molecule has 1 heterocycles. The Balaban J connectivity index is 2.21. The molecule has 2 rings (SSSR count). The number of aliphatic hydroxyl groups is 1. The maximum Gasteiger partial charge on any atom is 0.154 e. The number of aryl methyl sites for hydroxylation is 1. The summed E-state index contributed by atoms with van der Waals surface area (Å²) in [7, 11) is 0. The number of thiazole rings is 1. The highest BCUT2D eigenvalue weighted by Crippen LogP contribution is 2.32. The van der Waals surface area contributed by atoms with Crippen LogP contribution < -0.4 is 0 Å². The first-order valence-electron chi connectivity index (χ1n) is 4.68. The maximum atomic E-state index is 13.6. The molecule has 1 N–H and O–H groups in total. The topological polar surface area (TPSA) is 33.1 Å². The summed E-state index contributed by atoms with van der Waals surface area (Å²) in [6, 6.07) is 4.73. The Kier molecular flexibility index (Phi) is 3.58. The molecule has 0 bridgehead atoms. The minimum absolute atomic E-state index is 0.141. The summed E-state index contributed by atoms with van der Waals surface area (Å²) in [6.45, 7) is 1.77. The van der Waals surface area contributed by atoms with Crippen LogP contribution in [0.5, 0.6) is 0 Å². The zero-order valence-corrected chi connectivity index (χ0v) is 10.2. The first-order chi connectivity index (χ1) is 7.69. The molecule has 0 aliphatic heterocycles. The quantitative estimate of drug-likeness (QED) is 0.914. The molecular weight excluding hydrogens is 245 g/mol. The van der Waals surface area contributed by atoms with E-state index < -0.39 is 0 Å². The Morgan fingerprint density at radius 2 is 2.31 bits per heavy atom. The summed E-state index contributed by atoms with van der Waals surface area (Å²) in [6.07, 6.45) is 0. The lowest BCUT2D eigenvalue weighted by Crippen LogP contribution is -1.87. The van der Waals surface area contributed by atoms with E-state index in [0.717, 1.165) is 10.0 Å². The maximum absolute atomic E-state index is 13.6. The van der Waals surface area contributed by atoms with Gasteiger partial charge in [-0.25, -0.2) is 9.37 Å². The van der Waals surface area contributed by atoms with Crippen molar-refractivity contribution in [3.05, 3.63) is 40.7 Å². The van der Waals surface area contributed by atoms with Gasteiger partial charge in [0.25, 0.3) is 0 Å². The standard InChI is InChI=1S/C11H10FNOS2/c1-7-6-15-11(13-7)16-10-3-2-8(5-14)4-9(10)12/h2-4,6,14H,5H2,1H3. The van der Waals surface area contributed by atoms with Gasteiger partial charge >= 0.3 is 0 Å². The average Bonchev–Trinajstić information content (AvgIpc) is 2.67. The number of aliphatic hydroxyl groups excluding tert-OH is 1. The minimum Gasteiger partial charge on any atom is -0.392 e. The molecule has 0 atom stereocenters. The fraction of sp³-hybridized carbons (Fsp3) is 0.182. The predicted octanol–water partition coefficient (Wildman–Crippen LogP) is 3.23. The van der Waals surface area contributed by atoms with Gasteiger partial charge in [-0.3, -0.25) is 0 Å². The molecule has 0 fully saturated rings. The zero-order chi connectivity index (χ0) is 11.5. The van der Waals surface area contributed by atoms with Crippen molar-refractivity contribution < 1.29 is 9.50 Å². The Bertz CT molecular complexity index is 498. The summed E-state index contributed by atoms with van der Waals surface area (Å²) in [5, 5.41) is 10.8. The number of hydrogen-bond acceptors (Lipinski definition) is 4. The first-order valence-corrected chi connectivity index (χ1v) is 6.38. The number of hydrogen-bond donors (Lipinski definition) is 1. The van der Waals surface area contributed by atoms with E-state index in [1.54, 1.807) is 12.1 Å². The molecule has 0 aliphatic carbocycles. The van der Waals surface area contributed by atoms with E-state index in [9.17, 15) is 4.39 Å². The number of nitrogens with zero attached hydrogens (tertiary/aromatic N) is 1. The van der Waals surface area contributed by atoms with Crippen LogP contribution in [0.15, 0.2) is 32.8 Å². The number of aromatic nitrogens is 1. The normalized spacial score (nSPS) is 10.7. The van der Waals surface area contributed by atoms with Crippen LogP contribution in [0.25, 0.3) is 0 Å². The number of rotatable bonds is 3. The van der Waals surface area contributed by atoms with E-state index in [2.05, 4.69) is 4.98 Å². The average molecular weight is 255 g/mol. The molecule has 1 aromatic carbocycles. The summed E-state index contributed by atoms with van der Waals surface area (Å²) in [5.74, 6) is -0.315. The van der Waals surface area contributed by atoms with Gasteiger partial charge in [0.15, 0.2) is 4.34 Å². The second kappa shape index (κ2) is 4.95. The van der Waals surface area contributed by atoms with Gasteiger partial charge in [0.1, 0.15) is 5.82 Å². The van der Waals surface area contributed by atoms with Crippen LogP contribution in [0.4, 0.5) is 4.39 Å². The Morgan fingerprint density at radius 3 is 2.88 bits per heavy atom. The second-order valence-corrected chi connectivity index (χ2v) is 5.43. The summed E-state index contributed by atoms with van der Waals surface area (Å²) in [4.78, 5) is 4.79. The van der Waals surface area contributed by atoms with Crippen LogP contribution in [0, 0.1) is 12.7 Å². The molecule has 0 amide bonds. The third-order valence-corrected chi connectivity index (χ3v) is 4.08. The molecule has 0 unspecified atom stereocenters. The van der Waals surface area contributed by atoms with Crippen LogP contribution in [-0.4, -0.2) is 10.1 Å². The molecule has 2 nitrogen and oxygen atoms in total. The molecule has 0 aliphatic rings. The lowest BCUT2D eigenvalue weighted by atomic mass is 10.2. The van der Waals surface area contributed by atoms with Crippen LogP contribution in [-0.2, 0) is 6.61 Å². The van der Waals surface area contributed by atoms with Crippen LogP contribution in [0.1, 0.15) is 11.3 Å². The molecule has 0 saturated carbocycles. The van der Waals surface area contributed by atoms with Crippen molar-refractivity contribution in [1.29, 1.82) is 0 Å². The fourth-order valence-electron chi connectivity index (χ4n) is 1.20.